The number of rotatable bonds is 6. The number of carbonyl (C=O) groups is 1. The van der Waals surface area contributed by atoms with Crippen molar-refractivity contribution in [3.63, 3.8) is 0 Å². The zero-order chi connectivity index (χ0) is 12.7. The van der Waals surface area contributed by atoms with Crippen molar-refractivity contribution in [2.45, 2.75) is 20.1 Å². The number of nitrogens with one attached hydrogen (secondary N) is 1. The van der Waals surface area contributed by atoms with Crippen molar-refractivity contribution >= 4 is 5.97 Å². The van der Waals surface area contributed by atoms with Gasteiger partial charge >= 0.3 is 5.97 Å². The SMILES string of the molecule is COC(=O)C(C)CNCc1cccc(CO)c1. The van der Waals surface area contributed by atoms with Gasteiger partial charge in [-0.25, -0.2) is 0 Å². The van der Waals surface area contributed by atoms with E-state index in [1.807, 2.05) is 31.2 Å². The predicted molar refractivity (Wildman–Crippen MR) is 65.3 cm³/mol. The highest BCUT2D eigenvalue weighted by atomic mass is 16.5. The third-order valence-corrected chi connectivity index (χ3v) is 2.56. The summed E-state index contributed by atoms with van der Waals surface area (Å²) >= 11 is 0. The van der Waals surface area contributed by atoms with Crippen LogP contribution in [0, 0.1) is 5.92 Å². The van der Waals surface area contributed by atoms with Crippen LogP contribution in [0.4, 0.5) is 0 Å². The third-order valence-electron chi connectivity index (χ3n) is 2.56. The largest absolute Gasteiger partial charge is 0.469 e. The van der Waals surface area contributed by atoms with Crippen LogP contribution < -0.4 is 5.32 Å². The van der Waals surface area contributed by atoms with Crippen LogP contribution in [-0.4, -0.2) is 24.7 Å². The number of ether oxygens (including phenoxy) is 1. The molecule has 0 aliphatic carbocycles. The third kappa shape index (κ3) is 4.54. The summed E-state index contributed by atoms with van der Waals surface area (Å²) in [5.74, 6) is -0.359. The smallest absolute Gasteiger partial charge is 0.309 e. The molecular formula is C13H19NO3. The summed E-state index contributed by atoms with van der Waals surface area (Å²) in [6, 6.07) is 7.71. The molecule has 0 fully saturated rings. The van der Waals surface area contributed by atoms with Gasteiger partial charge in [0.2, 0.25) is 0 Å². The molecule has 0 heterocycles. The van der Waals surface area contributed by atoms with E-state index < -0.39 is 0 Å². The first-order chi connectivity index (χ1) is 8.17. The summed E-state index contributed by atoms with van der Waals surface area (Å²) < 4.78 is 4.64. The molecule has 4 heteroatoms. The van der Waals surface area contributed by atoms with Crippen molar-refractivity contribution in [2.75, 3.05) is 13.7 Å². The van der Waals surface area contributed by atoms with Gasteiger partial charge in [-0.1, -0.05) is 31.2 Å². The topological polar surface area (TPSA) is 58.6 Å². The molecule has 0 saturated carbocycles. The van der Waals surface area contributed by atoms with E-state index in [0.29, 0.717) is 13.1 Å². The molecule has 0 aliphatic heterocycles. The van der Waals surface area contributed by atoms with E-state index in [-0.39, 0.29) is 18.5 Å². The second-order valence-electron chi connectivity index (χ2n) is 4.03. The average Bonchev–Trinajstić information content (AvgIpc) is 2.37. The molecule has 0 aliphatic rings. The van der Waals surface area contributed by atoms with Crippen molar-refractivity contribution in [2.24, 2.45) is 5.92 Å². The van der Waals surface area contributed by atoms with Gasteiger partial charge in [0.25, 0.3) is 0 Å². The zero-order valence-electron chi connectivity index (χ0n) is 10.3. The fraction of sp³-hybridized carbons (Fsp3) is 0.462. The fourth-order valence-corrected chi connectivity index (χ4v) is 1.56. The summed E-state index contributed by atoms with van der Waals surface area (Å²) in [5.41, 5.74) is 1.99. The Morgan fingerprint density at radius 2 is 2.18 bits per heavy atom. The van der Waals surface area contributed by atoms with Crippen LogP contribution in [-0.2, 0) is 22.7 Å². The normalized spacial score (nSPS) is 12.2. The molecule has 0 radical (unpaired) electrons. The molecule has 0 saturated heterocycles. The Bertz CT molecular complexity index is 365. The number of carbonyl (C=O) groups excluding carboxylic acids is 1. The van der Waals surface area contributed by atoms with Gasteiger partial charge in [0, 0.05) is 13.1 Å². The van der Waals surface area contributed by atoms with Crippen molar-refractivity contribution < 1.29 is 14.6 Å². The molecule has 1 unspecified atom stereocenters. The molecule has 1 aromatic carbocycles. The van der Waals surface area contributed by atoms with E-state index in [1.54, 1.807) is 0 Å². The van der Waals surface area contributed by atoms with E-state index in [2.05, 4.69) is 10.1 Å². The highest BCUT2D eigenvalue weighted by Gasteiger charge is 2.11. The van der Waals surface area contributed by atoms with Crippen LogP contribution in [0.1, 0.15) is 18.1 Å². The second-order valence-corrected chi connectivity index (χ2v) is 4.03. The average molecular weight is 237 g/mol. The summed E-state index contributed by atoms with van der Waals surface area (Å²) in [6.45, 7) is 3.13. The maximum atomic E-state index is 11.2. The Labute approximate surface area is 102 Å². The van der Waals surface area contributed by atoms with Gasteiger partial charge in [-0.15, -0.1) is 0 Å². The van der Waals surface area contributed by atoms with E-state index in [9.17, 15) is 4.79 Å². The molecule has 17 heavy (non-hydrogen) atoms. The molecule has 94 valence electrons. The maximum absolute atomic E-state index is 11.2. The van der Waals surface area contributed by atoms with Crippen LogP contribution in [0.2, 0.25) is 0 Å². The van der Waals surface area contributed by atoms with Crippen LogP contribution in [0.5, 0.6) is 0 Å². The van der Waals surface area contributed by atoms with E-state index in [1.165, 1.54) is 7.11 Å². The number of esters is 1. The van der Waals surface area contributed by atoms with Gasteiger partial charge in [-0.2, -0.15) is 0 Å². The van der Waals surface area contributed by atoms with Gasteiger partial charge in [0.15, 0.2) is 0 Å². The van der Waals surface area contributed by atoms with Crippen LogP contribution in [0.15, 0.2) is 24.3 Å². The van der Waals surface area contributed by atoms with Gasteiger partial charge in [0.1, 0.15) is 0 Å². The van der Waals surface area contributed by atoms with Gasteiger partial charge in [-0.3, -0.25) is 4.79 Å². The Morgan fingerprint density at radius 3 is 2.82 bits per heavy atom. The van der Waals surface area contributed by atoms with E-state index in [4.69, 9.17) is 5.11 Å². The lowest BCUT2D eigenvalue weighted by Gasteiger charge is -2.10. The van der Waals surface area contributed by atoms with Crippen molar-refractivity contribution in [3.05, 3.63) is 35.4 Å². The standard InChI is InChI=1S/C13H19NO3/c1-10(13(16)17-2)7-14-8-11-4-3-5-12(6-11)9-15/h3-6,10,14-15H,7-9H2,1-2H3. The van der Waals surface area contributed by atoms with Crippen LogP contribution >= 0.6 is 0 Å². The minimum absolute atomic E-state index is 0.0480. The molecular weight excluding hydrogens is 218 g/mol. The molecule has 2 N–H and O–H groups in total. The Kier molecular flexibility index (Phi) is 5.66. The van der Waals surface area contributed by atoms with Crippen molar-refractivity contribution in [1.82, 2.24) is 5.32 Å². The first kappa shape index (κ1) is 13.7. The quantitative estimate of drug-likeness (QED) is 0.727. The monoisotopic (exact) mass is 237 g/mol. The van der Waals surface area contributed by atoms with Crippen molar-refractivity contribution in [3.8, 4) is 0 Å². The molecule has 0 amide bonds. The molecule has 0 bridgehead atoms. The lowest BCUT2D eigenvalue weighted by atomic mass is 10.1. The zero-order valence-corrected chi connectivity index (χ0v) is 10.3. The lowest BCUT2D eigenvalue weighted by molar-refractivity contribution is -0.144. The van der Waals surface area contributed by atoms with Gasteiger partial charge < -0.3 is 15.2 Å². The molecule has 0 aromatic heterocycles. The number of aliphatic hydroxyl groups excluding tert-OH is 1. The lowest BCUT2D eigenvalue weighted by Crippen LogP contribution is -2.27. The number of benzene rings is 1. The Balaban J connectivity index is 2.37. The summed E-state index contributed by atoms with van der Waals surface area (Å²) in [4.78, 5) is 11.2. The molecule has 1 atom stereocenters. The Morgan fingerprint density at radius 1 is 1.47 bits per heavy atom. The van der Waals surface area contributed by atoms with Gasteiger partial charge in [-0.05, 0) is 11.1 Å². The van der Waals surface area contributed by atoms with E-state index >= 15 is 0 Å². The molecule has 4 nitrogen and oxygen atoms in total. The number of hydrogen-bond donors (Lipinski definition) is 2. The molecule has 1 aromatic rings. The fourth-order valence-electron chi connectivity index (χ4n) is 1.56. The molecule has 0 spiro atoms. The van der Waals surface area contributed by atoms with Crippen LogP contribution in [0.3, 0.4) is 0 Å². The number of methoxy groups -OCH3 is 1. The van der Waals surface area contributed by atoms with Gasteiger partial charge in [0.05, 0.1) is 19.6 Å². The summed E-state index contributed by atoms with van der Waals surface area (Å²) in [7, 11) is 1.39. The van der Waals surface area contributed by atoms with Crippen LogP contribution in [0.25, 0.3) is 0 Å². The minimum Gasteiger partial charge on any atom is -0.469 e. The highest BCUT2D eigenvalue weighted by molar-refractivity contribution is 5.72. The van der Waals surface area contributed by atoms with E-state index in [0.717, 1.165) is 11.1 Å². The first-order valence-corrected chi connectivity index (χ1v) is 5.64. The van der Waals surface area contributed by atoms with Crippen molar-refractivity contribution in [1.29, 1.82) is 0 Å². The maximum Gasteiger partial charge on any atom is 0.309 e. The summed E-state index contributed by atoms with van der Waals surface area (Å²) in [5, 5.41) is 12.2. The number of aliphatic hydroxyl groups is 1. The second kappa shape index (κ2) is 7.04. The number of hydrogen-bond acceptors (Lipinski definition) is 4. The first-order valence-electron chi connectivity index (χ1n) is 5.64. The molecule has 1 rings (SSSR count). The minimum atomic E-state index is -0.207. The Hall–Kier alpha value is -1.39. The predicted octanol–water partition coefficient (Wildman–Crippen LogP) is 1.08. The summed E-state index contributed by atoms with van der Waals surface area (Å²) in [6.07, 6.45) is 0. The highest BCUT2D eigenvalue weighted by Crippen LogP contribution is 2.05.